The maximum atomic E-state index is 11.4. The zero-order chi connectivity index (χ0) is 14.5. The molecule has 0 radical (unpaired) electrons. The van der Waals surface area contributed by atoms with Crippen LogP contribution in [0.15, 0.2) is 42.6 Å². The summed E-state index contributed by atoms with van der Waals surface area (Å²) in [5.74, 6) is 1.68. The van der Waals surface area contributed by atoms with E-state index in [1.165, 1.54) is 6.92 Å². The van der Waals surface area contributed by atoms with Gasteiger partial charge >= 0.3 is 0 Å². The van der Waals surface area contributed by atoms with Gasteiger partial charge in [-0.3, -0.25) is 4.79 Å². The molecule has 2 aromatic rings. The van der Waals surface area contributed by atoms with Crippen molar-refractivity contribution in [1.29, 1.82) is 0 Å². The van der Waals surface area contributed by atoms with E-state index in [0.29, 0.717) is 17.4 Å². The second kappa shape index (κ2) is 6.33. The van der Waals surface area contributed by atoms with E-state index in [1.807, 2.05) is 18.2 Å². The molecule has 20 heavy (non-hydrogen) atoms. The zero-order valence-corrected chi connectivity index (χ0v) is 12.1. The summed E-state index contributed by atoms with van der Waals surface area (Å²) < 4.78 is 5.86. The predicted molar refractivity (Wildman–Crippen MR) is 79.5 cm³/mol. The summed E-state index contributed by atoms with van der Waals surface area (Å²) >= 11 is 0. The Bertz CT molecular complexity index is 607. The number of rotatable bonds is 5. The van der Waals surface area contributed by atoms with Crippen LogP contribution in [0.5, 0.6) is 11.6 Å². The second-order valence-corrected chi connectivity index (χ2v) is 4.89. The highest BCUT2D eigenvalue weighted by Crippen LogP contribution is 2.31. The highest BCUT2D eigenvalue weighted by molar-refractivity contribution is 5.94. The summed E-state index contributed by atoms with van der Waals surface area (Å²) in [6, 6.07) is 11.3. The van der Waals surface area contributed by atoms with Crippen LogP contribution in [0.2, 0.25) is 0 Å². The average Bonchev–Trinajstić information content (AvgIpc) is 2.47. The van der Waals surface area contributed by atoms with Crippen LogP contribution < -0.4 is 4.74 Å². The van der Waals surface area contributed by atoms with Crippen molar-refractivity contribution in [1.82, 2.24) is 4.98 Å². The third-order valence-corrected chi connectivity index (χ3v) is 3.42. The molecule has 0 N–H and O–H groups in total. The number of hydrogen-bond donors (Lipinski definition) is 0. The molecule has 3 heteroatoms. The summed E-state index contributed by atoms with van der Waals surface area (Å²) in [4.78, 5) is 15.6. The quantitative estimate of drug-likeness (QED) is 0.745. The first-order valence-corrected chi connectivity index (χ1v) is 6.85. The van der Waals surface area contributed by atoms with Crippen molar-refractivity contribution in [3.05, 3.63) is 53.7 Å². The first-order valence-electron chi connectivity index (χ1n) is 6.85. The summed E-state index contributed by atoms with van der Waals surface area (Å²) in [5.41, 5.74) is 1.76. The number of para-hydroxylation sites is 1. The molecule has 0 saturated carbocycles. The van der Waals surface area contributed by atoms with Gasteiger partial charge in [-0.05, 0) is 37.0 Å². The molecule has 0 spiro atoms. The molecule has 0 amide bonds. The first-order chi connectivity index (χ1) is 9.61. The van der Waals surface area contributed by atoms with Crippen LogP contribution in [0.3, 0.4) is 0 Å². The van der Waals surface area contributed by atoms with Gasteiger partial charge in [0.15, 0.2) is 5.78 Å². The normalized spacial score (nSPS) is 11.9. The molecule has 0 bridgehead atoms. The number of Topliss-reactive ketones (excluding diaryl/α,β-unsaturated/α-hetero) is 1. The molecule has 1 unspecified atom stereocenters. The Hall–Kier alpha value is -2.16. The van der Waals surface area contributed by atoms with Gasteiger partial charge in [0.25, 0.3) is 0 Å². The number of benzene rings is 1. The first kappa shape index (κ1) is 14.3. The minimum Gasteiger partial charge on any atom is -0.439 e. The number of ether oxygens (including phenoxy) is 1. The lowest BCUT2D eigenvalue weighted by Crippen LogP contribution is -1.98. The van der Waals surface area contributed by atoms with Gasteiger partial charge in [-0.25, -0.2) is 4.98 Å². The van der Waals surface area contributed by atoms with E-state index in [4.69, 9.17) is 4.74 Å². The highest BCUT2D eigenvalue weighted by atomic mass is 16.5. The van der Waals surface area contributed by atoms with Crippen LogP contribution in [-0.2, 0) is 0 Å². The molecule has 0 aliphatic carbocycles. The third-order valence-electron chi connectivity index (χ3n) is 3.42. The Labute approximate surface area is 119 Å². The number of nitrogens with zero attached hydrogens (tertiary/aromatic N) is 1. The molecular weight excluding hydrogens is 250 g/mol. The molecular formula is C17H19NO2. The number of carbonyl (C=O) groups excluding carboxylic acids is 1. The highest BCUT2D eigenvalue weighted by Gasteiger charge is 2.11. The Morgan fingerprint density at radius 3 is 2.75 bits per heavy atom. The molecule has 2 rings (SSSR count). The average molecular weight is 269 g/mol. The Kier molecular flexibility index (Phi) is 4.51. The van der Waals surface area contributed by atoms with E-state index < -0.39 is 0 Å². The fourth-order valence-electron chi connectivity index (χ4n) is 2.00. The number of carbonyl (C=O) groups is 1. The lowest BCUT2D eigenvalue weighted by atomic mass is 9.98. The summed E-state index contributed by atoms with van der Waals surface area (Å²) in [6.07, 6.45) is 2.64. The van der Waals surface area contributed by atoms with Gasteiger partial charge in [-0.2, -0.15) is 0 Å². The maximum absolute atomic E-state index is 11.4. The largest absolute Gasteiger partial charge is 0.439 e. The van der Waals surface area contributed by atoms with E-state index in [9.17, 15) is 4.79 Å². The minimum atomic E-state index is 0.00691. The summed E-state index contributed by atoms with van der Waals surface area (Å²) in [7, 11) is 0. The standard InChI is InChI=1S/C17H19NO2/c1-4-12(2)15-7-5-6-8-16(15)20-17-11-14(13(3)19)9-10-18-17/h5-12H,4H2,1-3H3. The van der Waals surface area contributed by atoms with Crippen molar-refractivity contribution in [3.63, 3.8) is 0 Å². The van der Waals surface area contributed by atoms with Crippen molar-refractivity contribution in [2.45, 2.75) is 33.1 Å². The maximum Gasteiger partial charge on any atom is 0.219 e. The molecule has 1 aromatic carbocycles. The lowest BCUT2D eigenvalue weighted by molar-refractivity contribution is 0.101. The zero-order valence-electron chi connectivity index (χ0n) is 12.1. The SMILES string of the molecule is CCC(C)c1ccccc1Oc1cc(C(C)=O)ccn1. The molecule has 1 atom stereocenters. The predicted octanol–water partition coefficient (Wildman–Crippen LogP) is 4.59. The van der Waals surface area contributed by atoms with Crippen LogP contribution >= 0.6 is 0 Å². The molecule has 0 aliphatic rings. The molecule has 0 saturated heterocycles. The molecule has 104 valence electrons. The van der Waals surface area contributed by atoms with Crippen LogP contribution in [0.25, 0.3) is 0 Å². The fourth-order valence-corrected chi connectivity index (χ4v) is 2.00. The van der Waals surface area contributed by atoms with E-state index >= 15 is 0 Å². The Balaban J connectivity index is 2.30. The van der Waals surface area contributed by atoms with Crippen LogP contribution in [0, 0.1) is 0 Å². The molecule has 1 heterocycles. The summed E-state index contributed by atoms with van der Waals surface area (Å²) in [5, 5.41) is 0. The van der Waals surface area contributed by atoms with Crippen LogP contribution in [0.1, 0.15) is 49.0 Å². The minimum absolute atomic E-state index is 0.00691. The van der Waals surface area contributed by atoms with Gasteiger partial charge < -0.3 is 4.74 Å². The van der Waals surface area contributed by atoms with Gasteiger partial charge in [-0.1, -0.05) is 32.0 Å². The van der Waals surface area contributed by atoms with Crippen molar-refractivity contribution < 1.29 is 9.53 Å². The van der Waals surface area contributed by atoms with E-state index in [-0.39, 0.29) is 5.78 Å². The lowest BCUT2D eigenvalue weighted by Gasteiger charge is -2.15. The summed E-state index contributed by atoms with van der Waals surface area (Å²) in [6.45, 7) is 5.85. The van der Waals surface area contributed by atoms with E-state index in [0.717, 1.165) is 17.7 Å². The van der Waals surface area contributed by atoms with Crippen molar-refractivity contribution >= 4 is 5.78 Å². The van der Waals surface area contributed by atoms with E-state index in [1.54, 1.807) is 18.3 Å². The molecule has 0 aliphatic heterocycles. The fraction of sp³-hybridized carbons (Fsp3) is 0.294. The second-order valence-electron chi connectivity index (χ2n) is 4.89. The van der Waals surface area contributed by atoms with Crippen molar-refractivity contribution in [3.8, 4) is 11.6 Å². The number of pyridine rings is 1. The van der Waals surface area contributed by atoms with E-state index in [2.05, 4.69) is 24.9 Å². The molecule has 3 nitrogen and oxygen atoms in total. The van der Waals surface area contributed by atoms with Gasteiger partial charge in [-0.15, -0.1) is 0 Å². The number of hydrogen-bond acceptors (Lipinski definition) is 3. The van der Waals surface area contributed by atoms with Crippen LogP contribution in [0.4, 0.5) is 0 Å². The molecule has 0 fully saturated rings. The van der Waals surface area contributed by atoms with Gasteiger partial charge in [0.2, 0.25) is 5.88 Å². The van der Waals surface area contributed by atoms with Gasteiger partial charge in [0.05, 0.1) is 0 Å². The van der Waals surface area contributed by atoms with Gasteiger partial charge in [0.1, 0.15) is 5.75 Å². The van der Waals surface area contributed by atoms with Crippen LogP contribution in [-0.4, -0.2) is 10.8 Å². The Morgan fingerprint density at radius 1 is 1.30 bits per heavy atom. The number of aromatic nitrogens is 1. The van der Waals surface area contributed by atoms with Gasteiger partial charge in [0, 0.05) is 17.8 Å². The smallest absolute Gasteiger partial charge is 0.219 e. The number of ketones is 1. The topological polar surface area (TPSA) is 39.2 Å². The Morgan fingerprint density at radius 2 is 2.05 bits per heavy atom. The monoisotopic (exact) mass is 269 g/mol. The molecule has 1 aromatic heterocycles. The van der Waals surface area contributed by atoms with Crippen molar-refractivity contribution in [2.24, 2.45) is 0 Å². The third kappa shape index (κ3) is 3.23. The van der Waals surface area contributed by atoms with Crippen molar-refractivity contribution in [2.75, 3.05) is 0 Å².